The van der Waals surface area contributed by atoms with Crippen molar-refractivity contribution < 1.29 is 23.6 Å². The number of para-hydroxylation sites is 2. The molecule has 0 saturated heterocycles. The van der Waals surface area contributed by atoms with Crippen LogP contribution in [0, 0.1) is 0 Å². The van der Waals surface area contributed by atoms with E-state index in [2.05, 4.69) is 16.0 Å². The maximum Gasteiger partial charge on any atom is 0.291 e. The van der Waals surface area contributed by atoms with Crippen molar-refractivity contribution in [1.29, 1.82) is 0 Å². The zero-order valence-electron chi connectivity index (χ0n) is 14.0. The van der Waals surface area contributed by atoms with E-state index < -0.39 is 17.9 Å². The quantitative estimate of drug-likeness (QED) is 0.688. The Bertz CT molecular complexity index is 970. The molecule has 2 amide bonds. The lowest BCUT2D eigenvalue weighted by Gasteiger charge is -2.25. The molecule has 1 aromatic heterocycles. The molecule has 3 aromatic rings. The van der Waals surface area contributed by atoms with Crippen LogP contribution in [-0.4, -0.2) is 29.7 Å². The molecule has 1 unspecified atom stereocenters. The van der Waals surface area contributed by atoms with Crippen LogP contribution in [0.3, 0.4) is 0 Å². The topological polar surface area (TPSA) is 103 Å². The lowest BCUT2D eigenvalue weighted by molar-refractivity contribution is -0.131. The van der Waals surface area contributed by atoms with Gasteiger partial charge in [0, 0.05) is 11.6 Å². The first-order chi connectivity index (χ1) is 13.2. The minimum Gasteiger partial charge on any atom is -0.485 e. The van der Waals surface area contributed by atoms with Crippen LogP contribution in [-0.2, 0) is 4.79 Å². The summed E-state index contributed by atoms with van der Waals surface area (Å²) in [5.74, 6) is 0.351. The van der Waals surface area contributed by atoms with Gasteiger partial charge in [-0.15, -0.1) is 0 Å². The van der Waals surface area contributed by atoms with E-state index in [9.17, 15) is 9.59 Å². The second kappa shape index (κ2) is 7.20. The van der Waals surface area contributed by atoms with Gasteiger partial charge in [0.15, 0.2) is 23.0 Å². The number of benzene rings is 2. The molecule has 0 fully saturated rings. The highest BCUT2D eigenvalue weighted by Gasteiger charge is 2.27. The Balaban J connectivity index is 1.34. The van der Waals surface area contributed by atoms with Crippen molar-refractivity contribution >= 4 is 11.8 Å². The van der Waals surface area contributed by atoms with E-state index in [0.717, 1.165) is 5.56 Å². The molecule has 2 aromatic carbocycles. The van der Waals surface area contributed by atoms with Gasteiger partial charge in [0.25, 0.3) is 11.8 Å². The summed E-state index contributed by atoms with van der Waals surface area (Å²) >= 11 is 0. The number of ether oxygens (including phenoxy) is 2. The Morgan fingerprint density at radius 2 is 1.70 bits per heavy atom. The molecule has 136 valence electrons. The number of aromatic nitrogens is 1. The number of hydrazine groups is 1. The van der Waals surface area contributed by atoms with E-state index in [0.29, 0.717) is 17.3 Å². The van der Waals surface area contributed by atoms with Crippen molar-refractivity contribution in [2.75, 3.05) is 6.61 Å². The maximum absolute atomic E-state index is 12.2. The van der Waals surface area contributed by atoms with Crippen LogP contribution < -0.4 is 20.3 Å². The Labute approximate surface area is 154 Å². The van der Waals surface area contributed by atoms with Gasteiger partial charge in [-0.1, -0.05) is 47.6 Å². The second-order valence-corrected chi connectivity index (χ2v) is 5.75. The fourth-order valence-electron chi connectivity index (χ4n) is 2.53. The minimum absolute atomic E-state index is 0.0420. The van der Waals surface area contributed by atoms with E-state index in [1.54, 1.807) is 18.2 Å². The molecule has 1 atom stereocenters. The summed E-state index contributed by atoms with van der Waals surface area (Å²) in [7, 11) is 0. The molecule has 4 rings (SSSR count). The summed E-state index contributed by atoms with van der Waals surface area (Å²) in [6, 6.07) is 17.8. The third-order valence-corrected chi connectivity index (χ3v) is 3.90. The number of hydrogen-bond donors (Lipinski definition) is 2. The molecule has 8 heteroatoms. The smallest absolute Gasteiger partial charge is 0.291 e. The van der Waals surface area contributed by atoms with E-state index in [4.69, 9.17) is 14.0 Å². The Hall–Kier alpha value is -3.81. The van der Waals surface area contributed by atoms with Gasteiger partial charge in [0.1, 0.15) is 6.61 Å². The van der Waals surface area contributed by atoms with Crippen LogP contribution in [0.5, 0.6) is 11.5 Å². The van der Waals surface area contributed by atoms with E-state index in [-0.39, 0.29) is 12.3 Å². The number of rotatable bonds is 3. The van der Waals surface area contributed by atoms with Crippen molar-refractivity contribution in [3.8, 4) is 22.8 Å². The normalized spacial score (nSPS) is 15.0. The standard InChI is InChI=1S/C19H15N3O5/c23-18(13-10-16(27-22-13)12-6-2-1-3-7-12)20-21-19(24)17-11-25-14-8-4-5-9-15(14)26-17/h1-10,17H,11H2,(H,20,23)(H,21,24). The first-order valence-corrected chi connectivity index (χ1v) is 8.21. The van der Waals surface area contributed by atoms with Crippen LogP contribution in [0.1, 0.15) is 10.5 Å². The monoisotopic (exact) mass is 365 g/mol. The second-order valence-electron chi connectivity index (χ2n) is 5.75. The number of fused-ring (bicyclic) bond motifs is 1. The molecule has 0 aliphatic carbocycles. The number of nitrogens with zero attached hydrogens (tertiary/aromatic N) is 1. The van der Waals surface area contributed by atoms with Crippen LogP contribution in [0.2, 0.25) is 0 Å². The summed E-state index contributed by atoms with van der Waals surface area (Å²) in [6.07, 6.45) is -0.877. The first kappa shape index (κ1) is 16.6. The summed E-state index contributed by atoms with van der Waals surface area (Å²) in [4.78, 5) is 24.4. The molecule has 0 bridgehead atoms. The van der Waals surface area contributed by atoms with Crippen molar-refractivity contribution in [3.63, 3.8) is 0 Å². The molecule has 27 heavy (non-hydrogen) atoms. The Morgan fingerprint density at radius 3 is 2.52 bits per heavy atom. The molecule has 0 saturated carbocycles. The fraction of sp³-hybridized carbons (Fsp3) is 0.105. The third-order valence-electron chi connectivity index (χ3n) is 3.90. The number of nitrogens with one attached hydrogen (secondary N) is 2. The Morgan fingerprint density at radius 1 is 0.963 bits per heavy atom. The number of carbonyl (C=O) groups is 2. The lowest BCUT2D eigenvalue weighted by Crippen LogP contribution is -2.50. The van der Waals surface area contributed by atoms with Crippen LogP contribution >= 0.6 is 0 Å². The van der Waals surface area contributed by atoms with Gasteiger partial charge in [0.05, 0.1) is 0 Å². The molecular weight excluding hydrogens is 350 g/mol. The van der Waals surface area contributed by atoms with Crippen molar-refractivity contribution in [3.05, 3.63) is 66.4 Å². The third kappa shape index (κ3) is 3.59. The molecule has 1 aliphatic rings. The largest absolute Gasteiger partial charge is 0.485 e. The average molecular weight is 365 g/mol. The molecule has 0 spiro atoms. The average Bonchev–Trinajstić information content (AvgIpc) is 3.22. The van der Waals surface area contributed by atoms with E-state index in [1.165, 1.54) is 6.07 Å². The van der Waals surface area contributed by atoms with Crippen molar-refractivity contribution in [1.82, 2.24) is 16.0 Å². The Kier molecular flexibility index (Phi) is 4.44. The van der Waals surface area contributed by atoms with Gasteiger partial charge in [-0.3, -0.25) is 20.4 Å². The number of hydrogen-bond acceptors (Lipinski definition) is 6. The van der Waals surface area contributed by atoms with Gasteiger partial charge in [-0.2, -0.15) is 0 Å². The van der Waals surface area contributed by atoms with Crippen molar-refractivity contribution in [2.24, 2.45) is 0 Å². The first-order valence-electron chi connectivity index (χ1n) is 8.21. The molecule has 1 aliphatic heterocycles. The zero-order valence-corrected chi connectivity index (χ0v) is 14.0. The van der Waals surface area contributed by atoms with Gasteiger partial charge in [-0.25, -0.2) is 0 Å². The fourth-order valence-corrected chi connectivity index (χ4v) is 2.53. The van der Waals surface area contributed by atoms with E-state index >= 15 is 0 Å². The maximum atomic E-state index is 12.2. The summed E-state index contributed by atoms with van der Waals surface area (Å²) in [5.41, 5.74) is 5.43. The highest BCUT2D eigenvalue weighted by Crippen LogP contribution is 2.30. The van der Waals surface area contributed by atoms with Crippen LogP contribution in [0.25, 0.3) is 11.3 Å². The van der Waals surface area contributed by atoms with Gasteiger partial charge in [-0.05, 0) is 12.1 Å². The molecule has 0 radical (unpaired) electrons. The molecule has 2 N–H and O–H groups in total. The molecule has 2 heterocycles. The van der Waals surface area contributed by atoms with E-state index in [1.807, 2.05) is 36.4 Å². The predicted octanol–water partition coefficient (Wildman–Crippen LogP) is 1.94. The predicted molar refractivity (Wildman–Crippen MR) is 93.9 cm³/mol. The van der Waals surface area contributed by atoms with Gasteiger partial charge < -0.3 is 14.0 Å². The highest BCUT2D eigenvalue weighted by molar-refractivity contribution is 5.94. The van der Waals surface area contributed by atoms with Crippen LogP contribution in [0.15, 0.2) is 65.2 Å². The van der Waals surface area contributed by atoms with Crippen LogP contribution in [0.4, 0.5) is 0 Å². The van der Waals surface area contributed by atoms with Crippen molar-refractivity contribution in [2.45, 2.75) is 6.10 Å². The lowest BCUT2D eigenvalue weighted by atomic mass is 10.1. The summed E-state index contributed by atoms with van der Waals surface area (Å²) in [5, 5.41) is 3.72. The summed E-state index contributed by atoms with van der Waals surface area (Å²) in [6.45, 7) is 0.0425. The minimum atomic E-state index is -0.877. The number of amides is 2. The summed E-state index contributed by atoms with van der Waals surface area (Å²) < 4.78 is 16.2. The SMILES string of the molecule is O=C(NNC(=O)C1COc2ccccc2O1)c1cc(-c2ccccc2)on1. The van der Waals surface area contributed by atoms with Gasteiger partial charge >= 0.3 is 0 Å². The zero-order chi connectivity index (χ0) is 18.6. The molecule has 8 nitrogen and oxygen atoms in total. The molecular formula is C19H15N3O5. The van der Waals surface area contributed by atoms with Gasteiger partial charge in [0.2, 0.25) is 6.10 Å². The number of carbonyl (C=O) groups excluding carboxylic acids is 2. The highest BCUT2D eigenvalue weighted by atomic mass is 16.6.